The monoisotopic (exact) mass is 531 g/mol. The Morgan fingerprint density at radius 3 is 2.74 bits per heavy atom. The van der Waals surface area contributed by atoms with Crippen LogP contribution in [0.3, 0.4) is 0 Å². The molecule has 6 heterocycles. The number of aromatic nitrogens is 3. The van der Waals surface area contributed by atoms with Crippen LogP contribution in [0.25, 0.3) is 10.2 Å². The van der Waals surface area contributed by atoms with Crippen LogP contribution in [0, 0.1) is 12.3 Å². The van der Waals surface area contributed by atoms with E-state index in [1.807, 2.05) is 17.9 Å². The van der Waals surface area contributed by atoms with Crippen LogP contribution in [0.5, 0.6) is 0 Å². The lowest BCUT2D eigenvalue weighted by Crippen LogP contribution is -2.56. The fraction of sp³-hybridized carbons (Fsp3) is 0.519. The highest BCUT2D eigenvalue weighted by atomic mass is 32.1. The molecule has 10 nitrogen and oxygen atoms in total. The fourth-order valence-electron chi connectivity index (χ4n) is 7.78. The Morgan fingerprint density at radius 2 is 1.97 bits per heavy atom. The maximum absolute atomic E-state index is 13.8. The minimum atomic E-state index is -0.656. The minimum Gasteiger partial charge on any atom is -0.335 e. The van der Waals surface area contributed by atoms with Crippen molar-refractivity contribution in [3.05, 3.63) is 44.9 Å². The summed E-state index contributed by atoms with van der Waals surface area (Å²) in [6, 6.07) is 4.41. The van der Waals surface area contributed by atoms with E-state index in [2.05, 4.69) is 32.5 Å². The average Bonchev–Trinajstić information content (AvgIpc) is 3.23. The molecule has 8 rings (SSSR count). The number of likely N-dealkylation sites (tertiary alicyclic amines) is 2. The lowest BCUT2D eigenvalue weighted by atomic mass is 9.87. The number of carbonyl (C=O) groups is 2. The van der Waals surface area contributed by atoms with Crippen LogP contribution < -0.4 is 16.2 Å². The number of hydrogen-bond acceptors (Lipinski definition) is 8. The van der Waals surface area contributed by atoms with Gasteiger partial charge in [0.2, 0.25) is 0 Å². The van der Waals surface area contributed by atoms with Gasteiger partial charge >= 0.3 is 0 Å². The molecule has 38 heavy (non-hydrogen) atoms. The van der Waals surface area contributed by atoms with E-state index in [-0.39, 0.29) is 17.4 Å². The molecule has 0 radical (unpaired) electrons. The van der Waals surface area contributed by atoms with Gasteiger partial charge in [0.25, 0.3) is 17.4 Å². The molecule has 11 heteroatoms. The molecule has 3 aromatic rings. The first kappa shape index (κ1) is 22.7. The van der Waals surface area contributed by atoms with Crippen LogP contribution in [-0.2, 0) is 5.66 Å². The van der Waals surface area contributed by atoms with Crippen LogP contribution >= 0.6 is 11.3 Å². The molecule has 2 amide bonds. The van der Waals surface area contributed by atoms with Gasteiger partial charge in [-0.2, -0.15) is 0 Å². The summed E-state index contributed by atoms with van der Waals surface area (Å²) in [5, 5.41) is 7.09. The fourth-order valence-corrected chi connectivity index (χ4v) is 8.74. The normalized spacial score (nSPS) is 28.6. The number of amides is 2. The third-order valence-corrected chi connectivity index (χ3v) is 10.7. The Hall–Kier alpha value is -3.31. The van der Waals surface area contributed by atoms with Crippen molar-refractivity contribution in [2.75, 3.05) is 25.5 Å². The molecule has 0 bridgehead atoms. The summed E-state index contributed by atoms with van der Waals surface area (Å²) in [4.78, 5) is 54.8. The van der Waals surface area contributed by atoms with E-state index >= 15 is 0 Å². The Kier molecular flexibility index (Phi) is 4.42. The van der Waals surface area contributed by atoms with Crippen LogP contribution in [-0.4, -0.2) is 68.4 Å². The van der Waals surface area contributed by atoms with E-state index in [9.17, 15) is 14.4 Å². The number of aryl methyl sites for hydroxylation is 1. The Bertz CT molecular complexity index is 1620. The zero-order chi connectivity index (χ0) is 26.0. The number of piperidine rings is 1. The van der Waals surface area contributed by atoms with Crippen molar-refractivity contribution in [1.29, 1.82) is 0 Å². The third-order valence-electron chi connectivity index (χ3n) is 9.68. The number of nitrogens with zero attached hydrogens (tertiary/aromatic N) is 5. The van der Waals surface area contributed by atoms with Gasteiger partial charge < -0.3 is 20.4 Å². The first-order valence-electron chi connectivity index (χ1n) is 13.4. The number of hydrogen-bond donors (Lipinski definition) is 2. The van der Waals surface area contributed by atoms with Crippen LogP contribution in [0.15, 0.2) is 23.3 Å². The smallest absolute Gasteiger partial charge is 0.276 e. The van der Waals surface area contributed by atoms with Crippen molar-refractivity contribution in [3.63, 3.8) is 0 Å². The first-order chi connectivity index (χ1) is 18.3. The number of rotatable bonds is 3. The highest BCUT2D eigenvalue weighted by Crippen LogP contribution is 2.64. The lowest BCUT2D eigenvalue weighted by Gasteiger charge is -2.43. The topological polar surface area (TPSA) is 112 Å². The van der Waals surface area contributed by atoms with E-state index < -0.39 is 5.66 Å². The summed E-state index contributed by atoms with van der Waals surface area (Å²) >= 11 is 1.37. The quantitative estimate of drug-likeness (QED) is 0.535. The molecule has 2 aliphatic carbocycles. The summed E-state index contributed by atoms with van der Waals surface area (Å²) in [6.45, 7) is 3.72. The number of carbonyl (C=O) groups excluding carboxylic acids is 2. The van der Waals surface area contributed by atoms with Crippen molar-refractivity contribution in [2.45, 2.75) is 63.2 Å². The number of fused-ring (bicyclic) bond motifs is 3. The summed E-state index contributed by atoms with van der Waals surface area (Å²) in [6.07, 6.45) is 7.10. The molecule has 2 N–H and O–H groups in total. The van der Waals surface area contributed by atoms with E-state index in [1.54, 1.807) is 10.6 Å². The number of pyridine rings is 1. The molecule has 0 aromatic carbocycles. The van der Waals surface area contributed by atoms with E-state index in [1.165, 1.54) is 17.7 Å². The first-order valence-corrected chi connectivity index (χ1v) is 14.3. The largest absolute Gasteiger partial charge is 0.335 e. The molecule has 3 atom stereocenters. The second kappa shape index (κ2) is 7.41. The van der Waals surface area contributed by atoms with Gasteiger partial charge in [-0.1, -0.05) is 6.42 Å². The second-order valence-corrected chi connectivity index (χ2v) is 12.8. The number of thiophene rings is 1. The van der Waals surface area contributed by atoms with Gasteiger partial charge in [-0.25, -0.2) is 9.97 Å². The molecule has 3 aliphatic heterocycles. The van der Waals surface area contributed by atoms with E-state index in [0.29, 0.717) is 44.4 Å². The van der Waals surface area contributed by atoms with Crippen LogP contribution in [0.4, 0.5) is 11.5 Å². The molecule has 2 saturated heterocycles. The predicted molar refractivity (Wildman–Crippen MR) is 143 cm³/mol. The van der Waals surface area contributed by atoms with Crippen molar-refractivity contribution in [2.24, 2.45) is 5.41 Å². The number of anilines is 2. The Labute approximate surface area is 223 Å². The van der Waals surface area contributed by atoms with Gasteiger partial charge in [0.15, 0.2) is 0 Å². The molecule has 196 valence electrons. The molecule has 3 aromatic heterocycles. The van der Waals surface area contributed by atoms with Crippen molar-refractivity contribution >= 4 is 44.9 Å². The summed E-state index contributed by atoms with van der Waals surface area (Å²) in [7, 11) is 2.14. The molecule has 1 unspecified atom stereocenters. The Balaban J connectivity index is 1.15. The molecule has 2 saturated carbocycles. The highest BCUT2D eigenvalue weighted by Gasteiger charge is 2.74. The molecular formula is C27H29N7O3S. The number of likely N-dealkylation sites (N-methyl/N-ethyl adjacent to an activating group) is 1. The van der Waals surface area contributed by atoms with Crippen LogP contribution in [0.2, 0.25) is 0 Å². The van der Waals surface area contributed by atoms with Crippen LogP contribution in [0.1, 0.15) is 64.2 Å². The zero-order valence-electron chi connectivity index (χ0n) is 21.4. The van der Waals surface area contributed by atoms with Gasteiger partial charge in [0.05, 0.1) is 10.3 Å². The summed E-state index contributed by atoms with van der Waals surface area (Å²) < 4.78 is 1.68. The van der Waals surface area contributed by atoms with Crippen molar-refractivity contribution in [3.8, 4) is 0 Å². The van der Waals surface area contributed by atoms with E-state index in [4.69, 9.17) is 0 Å². The van der Waals surface area contributed by atoms with Gasteiger partial charge in [-0.3, -0.25) is 19.0 Å². The zero-order valence-corrected chi connectivity index (χ0v) is 22.2. The molecule has 2 spiro atoms. The predicted octanol–water partition coefficient (Wildman–Crippen LogP) is 2.79. The van der Waals surface area contributed by atoms with Crippen molar-refractivity contribution < 1.29 is 9.59 Å². The third kappa shape index (κ3) is 2.83. The van der Waals surface area contributed by atoms with Gasteiger partial charge in [-0.05, 0) is 63.8 Å². The van der Waals surface area contributed by atoms with Gasteiger partial charge in [0.1, 0.15) is 34.0 Å². The van der Waals surface area contributed by atoms with Gasteiger partial charge in [-0.15, -0.1) is 11.3 Å². The SMILES string of the molecule is Cc1cc(Nc2ncnc3sc(C(=O)N4C[C@@H]5N(C)CC56C[C@@H]46)cc23)c(=O)n2c1C(=O)NC21CCCCC1. The maximum atomic E-state index is 13.8. The maximum Gasteiger partial charge on any atom is 0.276 e. The highest BCUT2D eigenvalue weighted by molar-refractivity contribution is 7.20. The standard InChI is InChI=1S/C27H29N7O3S/c1-14-8-16(24(36)34-20(14)22(35)31-27(34)6-4-3-5-7-27)30-21-15-9-17(38-23(15)29-13-28-21)25(37)33-11-19-26(10-18(26)33)12-32(19)2/h8-9,13,18-19H,3-7,10-12H2,1-2H3,(H,31,35)(H,28,29,30)/t18-,19+,26?/m1/s1. The molecule has 4 fully saturated rings. The number of nitrogens with one attached hydrogen (secondary N) is 2. The molecule has 5 aliphatic rings. The Morgan fingerprint density at radius 1 is 1.16 bits per heavy atom. The summed E-state index contributed by atoms with van der Waals surface area (Å²) in [5.41, 5.74) is 0.988. The average molecular weight is 532 g/mol. The molecular weight excluding hydrogens is 502 g/mol. The van der Waals surface area contributed by atoms with E-state index in [0.717, 1.165) is 62.6 Å². The lowest BCUT2D eigenvalue weighted by molar-refractivity contribution is 0.0403. The second-order valence-electron chi connectivity index (χ2n) is 11.8. The van der Waals surface area contributed by atoms with Gasteiger partial charge in [0, 0.05) is 30.6 Å². The van der Waals surface area contributed by atoms with Crippen molar-refractivity contribution in [1.82, 2.24) is 29.7 Å². The minimum absolute atomic E-state index is 0.0564. The summed E-state index contributed by atoms with van der Waals surface area (Å²) in [5.74, 6) is 0.361.